The van der Waals surface area contributed by atoms with Crippen LogP contribution in [-0.4, -0.2) is 4.98 Å². The van der Waals surface area contributed by atoms with Gasteiger partial charge in [0, 0.05) is 10.6 Å². The predicted octanol–water partition coefficient (Wildman–Crippen LogP) is 2.88. The molecule has 1 aromatic heterocycles. The Morgan fingerprint density at radius 1 is 1.42 bits per heavy atom. The first-order chi connectivity index (χ1) is 5.59. The van der Waals surface area contributed by atoms with E-state index < -0.39 is 0 Å². The van der Waals surface area contributed by atoms with Gasteiger partial charge in [-0.15, -0.1) is 12.6 Å². The first-order valence-corrected chi connectivity index (χ1v) is 4.70. The number of thiol groups is 1. The highest BCUT2D eigenvalue weighted by molar-refractivity contribution is 7.80. The quantitative estimate of drug-likeness (QED) is 0.692. The van der Waals surface area contributed by atoms with Gasteiger partial charge in [-0.05, 0) is 31.4 Å². The van der Waals surface area contributed by atoms with Crippen molar-refractivity contribution in [2.45, 2.75) is 32.1 Å². The van der Waals surface area contributed by atoms with Crippen molar-refractivity contribution >= 4 is 12.6 Å². The van der Waals surface area contributed by atoms with Gasteiger partial charge in [-0.25, -0.2) is 0 Å². The molecule has 2 heteroatoms. The highest BCUT2D eigenvalue weighted by Crippen LogP contribution is 2.12. The van der Waals surface area contributed by atoms with E-state index in [4.69, 9.17) is 0 Å². The Balaban J connectivity index is 2.82. The standard InChI is InChI=1S/C10H15NS/c1-7(2)6-9-4-5-10(12)8(3)11-9/h4-5,7,12H,6H2,1-3H3. The lowest BCUT2D eigenvalue weighted by Crippen LogP contribution is -1.98. The predicted molar refractivity (Wildman–Crippen MR) is 54.8 cm³/mol. The second-order valence-corrected chi connectivity index (χ2v) is 3.99. The summed E-state index contributed by atoms with van der Waals surface area (Å²) in [4.78, 5) is 5.41. The molecule has 12 heavy (non-hydrogen) atoms. The molecule has 0 aliphatic carbocycles. The van der Waals surface area contributed by atoms with Crippen LogP contribution in [0.3, 0.4) is 0 Å². The molecule has 0 aliphatic rings. The molecule has 0 N–H and O–H groups in total. The SMILES string of the molecule is Cc1nc(CC(C)C)ccc1S. The fourth-order valence-corrected chi connectivity index (χ4v) is 1.26. The van der Waals surface area contributed by atoms with Gasteiger partial charge in [0.1, 0.15) is 0 Å². The zero-order valence-electron chi connectivity index (χ0n) is 7.83. The Hall–Kier alpha value is -0.500. The maximum Gasteiger partial charge on any atom is 0.0509 e. The summed E-state index contributed by atoms with van der Waals surface area (Å²) in [5.74, 6) is 0.669. The first kappa shape index (κ1) is 9.59. The molecule has 0 fully saturated rings. The third kappa shape index (κ3) is 2.52. The molecular formula is C10H15NS. The van der Waals surface area contributed by atoms with E-state index in [0.29, 0.717) is 5.92 Å². The number of rotatable bonds is 2. The van der Waals surface area contributed by atoms with Crippen LogP contribution in [0.4, 0.5) is 0 Å². The van der Waals surface area contributed by atoms with E-state index in [-0.39, 0.29) is 0 Å². The molecule has 0 bridgehead atoms. The molecule has 1 aromatic rings. The average Bonchev–Trinajstić information content (AvgIpc) is 1.96. The average molecular weight is 181 g/mol. The van der Waals surface area contributed by atoms with Gasteiger partial charge in [-0.3, -0.25) is 4.98 Å². The number of nitrogens with zero attached hydrogens (tertiary/aromatic N) is 1. The van der Waals surface area contributed by atoms with Crippen LogP contribution in [0.2, 0.25) is 0 Å². The Morgan fingerprint density at radius 2 is 2.08 bits per heavy atom. The van der Waals surface area contributed by atoms with Gasteiger partial charge in [-0.2, -0.15) is 0 Å². The number of pyridine rings is 1. The molecule has 1 rings (SSSR count). The van der Waals surface area contributed by atoms with Crippen LogP contribution >= 0.6 is 12.6 Å². The van der Waals surface area contributed by atoms with Crippen molar-refractivity contribution in [1.29, 1.82) is 0 Å². The Morgan fingerprint density at radius 3 is 2.58 bits per heavy atom. The summed E-state index contributed by atoms with van der Waals surface area (Å²) in [5.41, 5.74) is 2.19. The number of hydrogen-bond donors (Lipinski definition) is 1. The fraction of sp³-hybridized carbons (Fsp3) is 0.500. The van der Waals surface area contributed by atoms with E-state index in [1.54, 1.807) is 0 Å². The lowest BCUT2D eigenvalue weighted by molar-refractivity contribution is 0.633. The van der Waals surface area contributed by atoms with Crippen molar-refractivity contribution < 1.29 is 0 Å². The molecule has 66 valence electrons. The van der Waals surface area contributed by atoms with Crippen molar-refractivity contribution in [3.8, 4) is 0 Å². The van der Waals surface area contributed by atoms with Crippen molar-refractivity contribution in [2.24, 2.45) is 5.92 Å². The van der Waals surface area contributed by atoms with Gasteiger partial charge in [-0.1, -0.05) is 13.8 Å². The van der Waals surface area contributed by atoms with Gasteiger partial charge in [0.2, 0.25) is 0 Å². The highest BCUT2D eigenvalue weighted by atomic mass is 32.1. The molecule has 0 aromatic carbocycles. The molecule has 0 spiro atoms. The van der Waals surface area contributed by atoms with Crippen molar-refractivity contribution in [3.63, 3.8) is 0 Å². The molecule has 1 heterocycles. The van der Waals surface area contributed by atoms with Gasteiger partial charge in [0.25, 0.3) is 0 Å². The van der Waals surface area contributed by atoms with E-state index in [0.717, 1.165) is 17.0 Å². The van der Waals surface area contributed by atoms with Gasteiger partial charge in [0.05, 0.1) is 5.69 Å². The molecule has 0 saturated heterocycles. The number of aromatic nitrogens is 1. The summed E-state index contributed by atoms with van der Waals surface area (Å²) >= 11 is 4.27. The van der Waals surface area contributed by atoms with Crippen LogP contribution < -0.4 is 0 Å². The summed E-state index contributed by atoms with van der Waals surface area (Å²) in [6.07, 6.45) is 1.05. The zero-order chi connectivity index (χ0) is 9.14. The van der Waals surface area contributed by atoms with Crippen LogP contribution in [-0.2, 0) is 6.42 Å². The van der Waals surface area contributed by atoms with Crippen LogP contribution in [0.5, 0.6) is 0 Å². The van der Waals surface area contributed by atoms with E-state index in [2.05, 4.69) is 37.5 Å². The lowest BCUT2D eigenvalue weighted by atomic mass is 10.1. The Labute approximate surface area is 79.6 Å². The molecular weight excluding hydrogens is 166 g/mol. The third-order valence-electron chi connectivity index (χ3n) is 1.73. The zero-order valence-corrected chi connectivity index (χ0v) is 8.73. The molecule has 0 aliphatic heterocycles. The molecule has 0 unspecified atom stereocenters. The summed E-state index contributed by atoms with van der Waals surface area (Å²) < 4.78 is 0. The molecule has 0 amide bonds. The smallest absolute Gasteiger partial charge is 0.0509 e. The summed E-state index contributed by atoms with van der Waals surface area (Å²) in [6, 6.07) is 4.07. The normalized spacial score (nSPS) is 10.8. The number of hydrogen-bond acceptors (Lipinski definition) is 2. The minimum atomic E-state index is 0.669. The van der Waals surface area contributed by atoms with Gasteiger partial charge in [0.15, 0.2) is 0 Å². The maximum absolute atomic E-state index is 4.44. The second kappa shape index (κ2) is 3.94. The summed E-state index contributed by atoms with van der Waals surface area (Å²) in [5, 5.41) is 0. The van der Waals surface area contributed by atoms with Crippen molar-refractivity contribution in [2.75, 3.05) is 0 Å². The largest absolute Gasteiger partial charge is 0.257 e. The lowest BCUT2D eigenvalue weighted by Gasteiger charge is -2.05. The van der Waals surface area contributed by atoms with E-state index in [9.17, 15) is 0 Å². The topological polar surface area (TPSA) is 12.9 Å². The third-order valence-corrected chi connectivity index (χ3v) is 2.21. The molecule has 0 saturated carbocycles. The van der Waals surface area contributed by atoms with E-state index in [1.807, 2.05) is 13.0 Å². The summed E-state index contributed by atoms with van der Waals surface area (Å²) in [6.45, 7) is 6.39. The van der Waals surface area contributed by atoms with Crippen LogP contribution in [0.15, 0.2) is 17.0 Å². The Bertz CT molecular complexity index is 269. The molecule has 1 nitrogen and oxygen atoms in total. The van der Waals surface area contributed by atoms with Crippen molar-refractivity contribution in [3.05, 3.63) is 23.5 Å². The van der Waals surface area contributed by atoms with Crippen LogP contribution in [0, 0.1) is 12.8 Å². The van der Waals surface area contributed by atoms with Crippen LogP contribution in [0.25, 0.3) is 0 Å². The highest BCUT2D eigenvalue weighted by Gasteiger charge is 2.00. The monoisotopic (exact) mass is 181 g/mol. The van der Waals surface area contributed by atoms with E-state index >= 15 is 0 Å². The van der Waals surface area contributed by atoms with Crippen molar-refractivity contribution in [1.82, 2.24) is 4.98 Å². The minimum absolute atomic E-state index is 0.669. The summed E-state index contributed by atoms with van der Waals surface area (Å²) in [7, 11) is 0. The number of aryl methyl sites for hydroxylation is 1. The first-order valence-electron chi connectivity index (χ1n) is 4.25. The Kier molecular flexibility index (Phi) is 3.15. The molecule has 0 atom stereocenters. The van der Waals surface area contributed by atoms with Gasteiger partial charge >= 0.3 is 0 Å². The van der Waals surface area contributed by atoms with Gasteiger partial charge < -0.3 is 0 Å². The van der Waals surface area contributed by atoms with Crippen LogP contribution in [0.1, 0.15) is 25.2 Å². The fourth-order valence-electron chi connectivity index (χ4n) is 1.14. The second-order valence-electron chi connectivity index (χ2n) is 3.51. The van der Waals surface area contributed by atoms with E-state index in [1.165, 1.54) is 5.69 Å². The maximum atomic E-state index is 4.44. The minimum Gasteiger partial charge on any atom is -0.257 e. The molecule has 0 radical (unpaired) electrons.